The molecule has 142 valence electrons. The number of piperidine rings is 1. The van der Waals surface area contributed by atoms with E-state index in [1.807, 2.05) is 25.1 Å². The van der Waals surface area contributed by atoms with Gasteiger partial charge < -0.3 is 20.1 Å². The molecule has 0 radical (unpaired) electrons. The van der Waals surface area contributed by atoms with E-state index in [0.717, 1.165) is 12.8 Å². The zero-order chi connectivity index (χ0) is 19.1. The maximum Gasteiger partial charge on any atom is 0.326 e. The van der Waals surface area contributed by atoms with Crippen LogP contribution in [0, 0.1) is 0 Å². The van der Waals surface area contributed by atoms with Crippen LogP contribution < -0.4 is 10.1 Å². The molecule has 7 nitrogen and oxygen atoms in total. The Kier molecular flexibility index (Phi) is 7.00. The van der Waals surface area contributed by atoms with E-state index < -0.39 is 18.1 Å². The van der Waals surface area contributed by atoms with Gasteiger partial charge in [0.15, 0.2) is 0 Å². The fourth-order valence-electron chi connectivity index (χ4n) is 3.32. The Hall–Kier alpha value is -2.57. The van der Waals surface area contributed by atoms with Gasteiger partial charge in [0.1, 0.15) is 11.8 Å². The number of hydrogen-bond acceptors (Lipinski definition) is 4. The number of ether oxygens (including phenoxy) is 1. The van der Waals surface area contributed by atoms with Crippen molar-refractivity contribution in [2.45, 2.75) is 51.6 Å². The van der Waals surface area contributed by atoms with E-state index in [4.69, 9.17) is 4.74 Å². The van der Waals surface area contributed by atoms with Crippen molar-refractivity contribution in [1.29, 1.82) is 0 Å². The summed E-state index contributed by atoms with van der Waals surface area (Å²) in [5, 5.41) is 12.2. The molecule has 1 aliphatic heterocycles. The van der Waals surface area contributed by atoms with Gasteiger partial charge in [-0.2, -0.15) is 0 Å². The number of aliphatic carboxylic acids is 1. The van der Waals surface area contributed by atoms with E-state index in [1.165, 1.54) is 11.8 Å². The molecule has 1 aliphatic rings. The molecule has 2 amide bonds. The quantitative estimate of drug-likeness (QED) is 0.774. The van der Waals surface area contributed by atoms with Crippen LogP contribution in [0.1, 0.15) is 51.1 Å². The van der Waals surface area contributed by atoms with Gasteiger partial charge in [-0.15, -0.1) is 0 Å². The van der Waals surface area contributed by atoms with Crippen LogP contribution in [0.5, 0.6) is 5.75 Å². The fourth-order valence-corrected chi connectivity index (χ4v) is 3.32. The van der Waals surface area contributed by atoms with Crippen molar-refractivity contribution in [3.8, 4) is 5.75 Å². The minimum Gasteiger partial charge on any atom is -0.494 e. The van der Waals surface area contributed by atoms with Crippen molar-refractivity contribution in [3.63, 3.8) is 0 Å². The lowest BCUT2D eigenvalue weighted by Crippen LogP contribution is -2.48. The van der Waals surface area contributed by atoms with Crippen molar-refractivity contribution in [3.05, 3.63) is 29.8 Å². The SMILES string of the molecule is CCOc1ccccc1[C@@H](CC(=O)N1CCCC[C@@H]1C(=O)O)NC(C)=O. The average molecular weight is 362 g/mol. The summed E-state index contributed by atoms with van der Waals surface area (Å²) in [5.41, 5.74) is 0.710. The maximum absolute atomic E-state index is 12.8. The Morgan fingerprint density at radius 1 is 1.31 bits per heavy atom. The van der Waals surface area contributed by atoms with E-state index in [9.17, 15) is 19.5 Å². The lowest BCUT2D eigenvalue weighted by Gasteiger charge is -2.34. The topological polar surface area (TPSA) is 95.9 Å². The highest BCUT2D eigenvalue weighted by atomic mass is 16.5. The maximum atomic E-state index is 12.8. The van der Waals surface area contributed by atoms with Gasteiger partial charge in [0.05, 0.1) is 19.1 Å². The molecule has 0 bridgehead atoms. The first-order valence-electron chi connectivity index (χ1n) is 8.95. The number of rotatable bonds is 7. The van der Waals surface area contributed by atoms with Crippen LogP contribution in [0.4, 0.5) is 0 Å². The van der Waals surface area contributed by atoms with Crippen molar-refractivity contribution < 1.29 is 24.2 Å². The number of nitrogens with one attached hydrogen (secondary N) is 1. The second kappa shape index (κ2) is 9.22. The highest BCUT2D eigenvalue weighted by molar-refractivity contribution is 5.85. The molecule has 1 heterocycles. The van der Waals surface area contributed by atoms with Gasteiger partial charge in [-0.25, -0.2) is 4.79 Å². The first-order chi connectivity index (χ1) is 12.4. The van der Waals surface area contributed by atoms with Crippen molar-refractivity contribution >= 4 is 17.8 Å². The van der Waals surface area contributed by atoms with Crippen LogP contribution in [0.25, 0.3) is 0 Å². The molecule has 0 spiro atoms. The molecule has 2 rings (SSSR count). The Labute approximate surface area is 153 Å². The molecular formula is C19H26N2O5. The van der Waals surface area contributed by atoms with E-state index in [2.05, 4.69) is 5.32 Å². The molecule has 2 N–H and O–H groups in total. The number of nitrogens with zero attached hydrogens (tertiary/aromatic N) is 1. The van der Waals surface area contributed by atoms with Crippen LogP contribution in [0.3, 0.4) is 0 Å². The predicted molar refractivity (Wildman–Crippen MR) is 95.8 cm³/mol. The third-order valence-electron chi connectivity index (χ3n) is 4.46. The number of carbonyl (C=O) groups is 3. The molecule has 0 unspecified atom stereocenters. The minimum absolute atomic E-state index is 0.00650. The van der Waals surface area contributed by atoms with E-state index in [1.54, 1.807) is 6.07 Å². The van der Waals surface area contributed by atoms with E-state index >= 15 is 0 Å². The Balaban J connectivity index is 2.23. The van der Waals surface area contributed by atoms with Crippen LogP contribution in [0.15, 0.2) is 24.3 Å². The lowest BCUT2D eigenvalue weighted by atomic mass is 9.98. The lowest BCUT2D eigenvalue weighted by molar-refractivity contribution is -0.152. The number of amides is 2. The van der Waals surface area contributed by atoms with E-state index in [0.29, 0.717) is 30.9 Å². The highest BCUT2D eigenvalue weighted by Crippen LogP contribution is 2.29. The molecular weight excluding hydrogens is 336 g/mol. The van der Waals surface area contributed by atoms with E-state index in [-0.39, 0.29) is 18.2 Å². The number of likely N-dealkylation sites (tertiary alicyclic amines) is 1. The van der Waals surface area contributed by atoms with Gasteiger partial charge in [-0.1, -0.05) is 18.2 Å². The smallest absolute Gasteiger partial charge is 0.326 e. The number of benzene rings is 1. The molecule has 0 saturated carbocycles. The van der Waals surface area contributed by atoms with Gasteiger partial charge in [0.25, 0.3) is 0 Å². The van der Waals surface area contributed by atoms with Gasteiger partial charge in [-0.3, -0.25) is 9.59 Å². The first-order valence-corrected chi connectivity index (χ1v) is 8.95. The van der Waals surface area contributed by atoms with Gasteiger partial charge in [-0.05, 0) is 32.3 Å². The summed E-state index contributed by atoms with van der Waals surface area (Å²) in [5.74, 6) is -0.913. The number of para-hydroxylation sites is 1. The Morgan fingerprint density at radius 3 is 2.69 bits per heavy atom. The summed E-state index contributed by atoms with van der Waals surface area (Å²) in [6.45, 7) is 4.14. The second-order valence-corrected chi connectivity index (χ2v) is 6.37. The summed E-state index contributed by atoms with van der Waals surface area (Å²) in [6.07, 6.45) is 2.04. The normalized spacial score (nSPS) is 18.1. The number of carboxylic acid groups (broad SMARTS) is 1. The van der Waals surface area contributed by atoms with Gasteiger partial charge in [0, 0.05) is 19.0 Å². The summed E-state index contributed by atoms with van der Waals surface area (Å²) in [6, 6.07) is 5.88. The van der Waals surface area contributed by atoms with Crippen LogP contribution in [0.2, 0.25) is 0 Å². The predicted octanol–water partition coefficient (Wildman–Crippen LogP) is 2.12. The fraction of sp³-hybridized carbons (Fsp3) is 0.526. The molecule has 26 heavy (non-hydrogen) atoms. The number of hydrogen-bond donors (Lipinski definition) is 2. The molecule has 1 aromatic rings. The molecule has 2 atom stereocenters. The summed E-state index contributed by atoms with van der Waals surface area (Å²) >= 11 is 0. The number of carboxylic acids is 1. The average Bonchev–Trinajstić information content (AvgIpc) is 2.61. The van der Waals surface area contributed by atoms with Crippen molar-refractivity contribution in [1.82, 2.24) is 10.2 Å². The number of carbonyl (C=O) groups excluding carboxylic acids is 2. The molecule has 7 heteroatoms. The standard InChI is InChI=1S/C19H26N2O5/c1-3-26-17-10-5-4-8-14(17)15(20-13(2)22)12-18(23)21-11-7-6-9-16(21)19(24)25/h4-5,8,10,15-16H,3,6-7,9,11-12H2,1-2H3,(H,20,22)(H,24,25)/t15-,16-/m1/s1. The third kappa shape index (κ3) is 4.97. The van der Waals surface area contributed by atoms with Crippen LogP contribution in [-0.4, -0.2) is 47.0 Å². The van der Waals surface area contributed by atoms with Crippen molar-refractivity contribution in [2.75, 3.05) is 13.2 Å². The molecule has 1 aromatic carbocycles. The summed E-state index contributed by atoms with van der Waals surface area (Å²) < 4.78 is 5.62. The second-order valence-electron chi connectivity index (χ2n) is 6.37. The monoisotopic (exact) mass is 362 g/mol. The zero-order valence-electron chi connectivity index (χ0n) is 15.2. The highest BCUT2D eigenvalue weighted by Gasteiger charge is 2.33. The Bertz CT molecular complexity index is 661. The Morgan fingerprint density at radius 2 is 2.04 bits per heavy atom. The molecule has 1 fully saturated rings. The molecule has 0 aliphatic carbocycles. The largest absolute Gasteiger partial charge is 0.494 e. The molecule has 1 saturated heterocycles. The van der Waals surface area contributed by atoms with Gasteiger partial charge in [0.2, 0.25) is 11.8 Å². The van der Waals surface area contributed by atoms with Gasteiger partial charge >= 0.3 is 5.97 Å². The van der Waals surface area contributed by atoms with Crippen LogP contribution in [-0.2, 0) is 14.4 Å². The van der Waals surface area contributed by atoms with Crippen molar-refractivity contribution in [2.24, 2.45) is 0 Å². The summed E-state index contributed by atoms with van der Waals surface area (Å²) in [4.78, 5) is 37.4. The third-order valence-corrected chi connectivity index (χ3v) is 4.46. The zero-order valence-corrected chi connectivity index (χ0v) is 15.2. The molecule has 0 aromatic heterocycles. The summed E-state index contributed by atoms with van der Waals surface area (Å²) in [7, 11) is 0. The first kappa shape index (κ1) is 19.8. The van der Waals surface area contributed by atoms with Crippen LogP contribution >= 0.6 is 0 Å². The minimum atomic E-state index is -0.983.